The number of nitrogens with one attached hydrogen (secondary N) is 2. The van der Waals surface area contributed by atoms with Gasteiger partial charge in [-0.15, -0.1) is 0 Å². The molecule has 9 nitrogen and oxygen atoms in total. The van der Waals surface area contributed by atoms with E-state index in [0.717, 1.165) is 66.5 Å². The van der Waals surface area contributed by atoms with Gasteiger partial charge in [-0.05, 0) is 79.6 Å². The van der Waals surface area contributed by atoms with Gasteiger partial charge in [0.05, 0.1) is 22.2 Å². The second kappa shape index (κ2) is 9.37. The molecule has 0 atom stereocenters. The van der Waals surface area contributed by atoms with Crippen molar-refractivity contribution >= 4 is 40.2 Å². The number of urea groups is 1. The topological polar surface area (TPSA) is 118 Å². The number of carbonyl (C=O) groups excluding carboxylic acids is 2. The lowest BCUT2D eigenvalue weighted by molar-refractivity contribution is -0.132. The molecule has 0 unspecified atom stereocenters. The van der Waals surface area contributed by atoms with E-state index in [4.69, 9.17) is 10.7 Å². The van der Waals surface area contributed by atoms with E-state index in [0.29, 0.717) is 17.2 Å². The number of likely N-dealkylation sites (tertiary alicyclic amines) is 1. The van der Waals surface area contributed by atoms with Crippen molar-refractivity contribution in [2.24, 2.45) is 7.05 Å². The molecule has 3 amide bonds. The van der Waals surface area contributed by atoms with Gasteiger partial charge >= 0.3 is 6.03 Å². The van der Waals surface area contributed by atoms with Gasteiger partial charge in [-0.3, -0.25) is 4.79 Å². The maximum Gasteiger partial charge on any atom is 0.323 e. The minimum absolute atomic E-state index is 0.111. The van der Waals surface area contributed by atoms with Crippen LogP contribution in [0.1, 0.15) is 36.9 Å². The predicted octanol–water partition coefficient (Wildman–Crippen LogP) is 4.96. The number of amides is 3. The highest BCUT2D eigenvalue weighted by atomic mass is 19.1. The van der Waals surface area contributed by atoms with Crippen LogP contribution in [-0.4, -0.2) is 44.7 Å². The molecule has 2 fully saturated rings. The number of fused-ring (bicyclic) bond motifs is 1. The lowest BCUT2D eigenvalue weighted by Crippen LogP contribution is -2.37. The van der Waals surface area contributed by atoms with Crippen LogP contribution in [-0.2, 0) is 17.3 Å². The number of pyridine rings is 1. The average molecular weight is 528 g/mol. The second-order valence-corrected chi connectivity index (χ2v) is 10.5. The van der Waals surface area contributed by atoms with Crippen LogP contribution >= 0.6 is 0 Å². The summed E-state index contributed by atoms with van der Waals surface area (Å²) in [6.45, 7) is 3.42. The molecule has 4 N–H and O–H groups in total. The summed E-state index contributed by atoms with van der Waals surface area (Å²) >= 11 is 0. The van der Waals surface area contributed by atoms with Gasteiger partial charge < -0.3 is 21.3 Å². The highest BCUT2D eigenvalue weighted by Gasteiger charge is 2.55. The van der Waals surface area contributed by atoms with Crippen LogP contribution in [0.5, 0.6) is 0 Å². The van der Waals surface area contributed by atoms with E-state index in [1.54, 1.807) is 36.0 Å². The first-order valence-electron chi connectivity index (χ1n) is 13.1. The third-order valence-corrected chi connectivity index (χ3v) is 7.69. The number of hydrogen-bond acceptors (Lipinski definition) is 5. The summed E-state index contributed by atoms with van der Waals surface area (Å²) in [7, 11) is 1.80. The van der Waals surface area contributed by atoms with Crippen LogP contribution in [0.2, 0.25) is 0 Å². The summed E-state index contributed by atoms with van der Waals surface area (Å²) in [5, 5.41) is 10.4. The summed E-state index contributed by atoms with van der Waals surface area (Å²) in [6, 6.07) is 13.2. The molecule has 1 saturated heterocycles. The average Bonchev–Trinajstić information content (AvgIpc) is 3.44. The van der Waals surface area contributed by atoms with Gasteiger partial charge in [0.15, 0.2) is 11.5 Å². The normalized spacial score (nSPS) is 15.9. The number of rotatable bonds is 5. The molecule has 1 aliphatic carbocycles. The molecule has 2 aromatic heterocycles. The van der Waals surface area contributed by atoms with Crippen molar-refractivity contribution in [1.82, 2.24) is 19.7 Å². The molecule has 2 aromatic carbocycles. The SMILES string of the molecule is Cc1ccc(F)c(NC(=O)Nc2ccc(-c3cc(C4(C(=O)N5CCCC5)CC4)nc4c3c(N)nn4C)cc2)c1. The number of benzene rings is 2. The third-order valence-electron chi connectivity index (χ3n) is 7.69. The monoisotopic (exact) mass is 527 g/mol. The second-order valence-electron chi connectivity index (χ2n) is 10.5. The summed E-state index contributed by atoms with van der Waals surface area (Å²) in [4.78, 5) is 32.8. The minimum Gasteiger partial charge on any atom is -0.382 e. The van der Waals surface area contributed by atoms with Crippen molar-refractivity contribution in [2.75, 3.05) is 29.5 Å². The Morgan fingerprint density at radius 2 is 1.74 bits per heavy atom. The fourth-order valence-electron chi connectivity index (χ4n) is 5.43. The quantitative estimate of drug-likeness (QED) is 0.339. The van der Waals surface area contributed by atoms with Gasteiger partial charge in [-0.25, -0.2) is 18.9 Å². The van der Waals surface area contributed by atoms with Gasteiger partial charge in [-0.1, -0.05) is 18.2 Å². The molecule has 39 heavy (non-hydrogen) atoms. The van der Waals surface area contributed by atoms with Crippen LogP contribution in [0.15, 0.2) is 48.5 Å². The number of halogens is 1. The predicted molar refractivity (Wildman–Crippen MR) is 149 cm³/mol. The Morgan fingerprint density at radius 3 is 2.44 bits per heavy atom. The summed E-state index contributed by atoms with van der Waals surface area (Å²) < 4.78 is 15.7. The van der Waals surface area contributed by atoms with Crippen LogP contribution in [0.3, 0.4) is 0 Å². The molecule has 3 heterocycles. The standard InChI is InChI=1S/C29H30FN7O2/c1-17-5-10-21(30)22(15-17)33-28(39)32-19-8-6-18(7-9-19)20-16-23(34-26-24(20)25(31)35-36(26)2)29(11-12-29)27(38)37-13-3-4-14-37/h5-10,15-16H,3-4,11-14H2,1-2H3,(H2,31,35)(H2,32,33,39). The smallest absolute Gasteiger partial charge is 0.323 e. The number of anilines is 3. The maximum atomic E-state index is 14.0. The molecular weight excluding hydrogens is 497 g/mol. The Hall–Kier alpha value is -4.47. The molecule has 0 radical (unpaired) electrons. The summed E-state index contributed by atoms with van der Waals surface area (Å²) in [5.74, 6) is 0.0110. The van der Waals surface area contributed by atoms with Crippen molar-refractivity contribution in [3.63, 3.8) is 0 Å². The van der Waals surface area contributed by atoms with E-state index >= 15 is 0 Å². The zero-order valence-corrected chi connectivity index (χ0v) is 21.9. The van der Waals surface area contributed by atoms with Gasteiger partial charge in [0.1, 0.15) is 5.82 Å². The van der Waals surface area contributed by atoms with Crippen molar-refractivity contribution in [3.05, 3.63) is 65.6 Å². The van der Waals surface area contributed by atoms with Crippen molar-refractivity contribution in [2.45, 2.75) is 38.0 Å². The number of aromatic nitrogens is 3. The number of nitrogen functional groups attached to an aromatic ring is 1. The van der Waals surface area contributed by atoms with Gasteiger partial charge in [-0.2, -0.15) is 5.10 Å². The molecule has 2 aliphatic rings. The summed E-state index contributed by atoms with van der Waals surface area (Å²) in [5.41, 5.74) is 10.2. The van der Waals surface area contributed by atoms with Crippen molar-refractivity contribution in [1.29, 1.82) is 0 Å². The van der Waals surface area contributed by atoms with E-state index in [9.17, 15) is 14.0 Å². The molecule has 1 saturated carbocycles. The molecule has 10 heteroatoms. The first-order valence-corrected chi connectivity index (χ1v) is 13.1. The molecule has 200 valence electrons. The van der Waals surface area contributed by atoms with E-state index in [2.05, 4.69) is 15.7 Å². The maximum absolute atomic E-state index is 14.0. The first-order chi connectivity index (χ1) is 18.7. The molecule has 4 aromatic rings. The summed E-state index contributed by atoms with van der Waals surface area (Å²) in [6.07, 6.45) is 3.62. The van der Waals surface area contributed by atoms with Crippen LogP contribution in [0, 0.1) is 12.7 Å². The molecular formula is C29H30FN7O2. The van der Waals surface area contributed by atoms with Crippen LogP contribution < -0.4 is 16.4 Å². The highest BCUT2D eigenvalue weighted by Crippen LogP contribution is 2.51. The Labute approximate surface area is 225 Å². The fourth-order valence-corrected chi connectivity index (χ4v) is 5.43. The van der Waals surface area contributed by atoms with Gasteiger partial charge in [0.2, 0.25) is 5.91 Å². The van der Waals surface area contributed by atoms with Crippen LogP contribution in [0.25, 0.3) is 22.2 Å². The van der Waals surface area contributed by atoms with Crippen LogP contribution in [0.4, 0.5) is 26.4 Å². The molecule has 0 bridgehead atoms. The lowest BCUT2D eigenvalue weighted by atomic mass is 9.94. The third kappa shape index (κ3) is 4.45. The largest absolute Gasteiger partial charge is 0.382 e. The van der Waals surface area contributed by atoms with Gasteiger partial charge in [0.25, 0.3) is 0 Å². The molecule has 0 spiro atoms. The number of nitrogens with zero attached hydrogens (tertiary/aromatic N) is 4. The lowest BCUT2D eigenvalue weighted by Gasteiger charge is -2.23. The number of nitrogens with two attached hydrogens (primary N) is 1. The van der Waals surface area contributed by atoms with E-state index in [1.165, 1.54) is 6.07 Å². The number of carbonyl (C=O) groups is 2. The van der Waals surface area contributed by atoms with Crippen molar-refractivity contribution < 1.29 is 14.0 Å². The zero-order valence-electron chi connectivity index (χ0n) is 21.9. The van der Waals surface area contributed by atoms with E-state index in [1.807, 2.05) is 30.0 Å². The zero-order chi connectivity index (χ0) is 27.3. The highest BCUT2D eigenvalue weighted by molar-refractivity contribution is 6.03. The van der Waals surface area contributed by atoms with E-state index < -0.39 is 17.3 Å². The fraction of sp³-hybridized carbons (Fsp3) is 0.310. The Bertz CT molecular complexity index is 1600. The number of aryl methyl sites for hydroxylation is 2. The first kappa shape index (κ1) is 24.8. The van der Waals surface area contributed by atoms with Crippen molar-refractivity contribution in [3.8, 4) is 11.1 Å². The minimum atomic E-state index is -0.600. The van der Waals surface area contributed by atoms with E-state index in [-0.39, 0.29) is 11.6 Å². The Balaban J connectivity index is 1.30. The van der Waals surface area contributed by atoms with Gasteiger partial charge in [0, 0.05) is 25.8 Å². The molecule has 1 aliphatic heterocycles. The Kier molecular flexibility index (Phi) is 5.97. The molecule has 6 rings (SSSR count). The Morgan fingerprint density at radius 1 is 1.03 bits per heavy atom. The number of hydrogen-bond donors (Lipinski definition) is 3.